The SMILES string of the molecule is COC(=O)Cn1c(CCOCc2ccccc2)c(Cl)nc(Cl)c1=O. The van der Waals surface area contributed by atoms with Gasteiger partial charge in [-0.25, -0.2) is 4.98 Å². The molecule has 128 valence electrons. The molecule has 6 nitrogen and oxygen atoms in total. The second kappa shape index (κ2) is 8.82. The van der Waals surface area contributed by atoms with Gasteiger partial charge in [0.2, 0.25) is 0 Å². The van der Waals surface area contributed by atoms with Crippen molar-refractivity contribution in [1.29, 1.82) is 0 Å². The van der Waals surface area contributed by atoms with Crippen molar-refractivity contribution >= 4 is 29.2 Å². The van der Waals surface area contributed by atoms with Crippen LogP contribution < -0.4 is 5.56 Å². The van der Waals surface area contributed by atoms with E-state index >= 15 is 0 Å². The van der Waals surface area contributed by atoms with Crippen molar-refractivity contribution in [2.75, 3.05) is 13.7 Å². The average Bonchev–Trinajstić information content (AvgIpc) is 2.59. The molecule has 0 saturated heterocycles. The summed E-state index contributed by atoms with van der Waals surface area (Å²) in [5.41, 5.74) is 0.818. The second-order valence-corrected chi connectivity index (χ2v) is 5.61. The zero-order valence-electron chi connectivity index (χ0n) is 13.0. The predicted octanol–water partition coefficient (Wildman–Crippen LogP) is 2.48. The number of benzene rings is 1. The number of carbonyl (C=O) groups is 1. The molecule has 0 amide bonds. The van der Waals surface area contributed by atoms with Crippen molar-refractivity contribution in [3.63, 3.8) is 0 Å². The third-order valence-electron chi connectivity index (χ3n) is 3.29. The summed E-state index contributed by atoms with van der Waals surface area (Å²) in [6, 6.07) is 9.67. The molecule has 0 fully saturated rings. The highest BCUT2D eigenvalue weighted by Crippen LogP contribution is 2.15. The van der Waals surface area contributed by atoms with Crippen molar-refractivity contribution in [3.8, 4) is 0 Å². The summed E-state index contributed by atoms with van der Waals surface area (Å²) in [5.74, 6) is -0.582. The van der Waals surface area contributed by atoms with Crippen LogP contribution in [0.1, 0.15) is 11.3 Å². The standard InChI is InChI=1S/C16H16Cl2N2O4/c1-23-13(21)9-20-12(14(17)19-15(18)16(20)22)7-8-24-10-11-5-3-2-4-6-11/h2-6H,7-10H2,1H3. The van der Waals surface area contributed by atoms with Crippen LogP contribution in [0.2, 0.25) is 10.3 Å². The Bertz CT molecular complexity index is 763. The minimum atomic E-state index is -0.593. The van der Waals surface area contributed by atoms with Crippen LogP contribution in [0.25, 0.3) is 0 Å². The molecule has 0 saturated carbocycles. The highest BCUT2D eigenvalue weighted by atomic mass is 35.5. The Morgan fingerprint density at radius 1 is 1.21 bits per heavy atom. The molecule has 2 aromatic rings. The summed E-state index contributed by atoms with van der Waals surface area (Å²) in [5, 5.41) is -0.232. The largest absolute Gasteiger partial charge is 0.468 e. The Labute approximate surface area is 148 Å². The van der Waals surface area contributed by atoms with Gasteiger partial charge in [-0.05, 0) is 5.56 Å². The van der Waals surface area contributed by atoms with Gasteiger partial charge in [-0.2, -0.15) is 0 Å². The Kier molecular flexibility index (Phi) is 6.78. The van der Waals surface area contributed by atoms with Gasteiger partial charge in [0.1, 0.15) is 6.54 Å². The summed E-state index contributed by atoms with van der Waals surface area (Å²) in [6.07, 6.45) is 0.308. The minimum Gasteiger partial charge on any atom is -0.468 e. The lowest BCUT2D eigenvalue weighted by atomic mass is 10.2. The fourth-order valence-corrected chi connectivity index (χ4v) is 2.59. The first-order valence-electron chi connectivity index (χ1n) is 7.16. The van der Waals surface area contributed by atoms with Gasteiger partial charge in [-0.3, -0.25) is 14.2 Å². The van der Waals surface area contributed by atoms with Crippen LogP contribution in [0.3, 0.4) is 0 Å². The number of aromatic nitrogens is 2. The van der Waals surface area contributed by atoms with E-state index in [-0.39, 0.29) is 16.9 Å². The number of methoxy groups -OCH3 is 1. The molecule has 24 heavy (non-hydrogen) atoms. The molecule has 1 heterocycles. The molecular formula is C16H16Cl2N2O4. The number of esters is 1. The third-order valence-corrected chi connectivity index (χ3v) is 3.84. The maximum Gasteiger partial charge on any atom is 0.325 e. The van der Waals surface area contributed by atoms with Crippen molar-refractivity contribution in [2.45, 2.75) is 19.6 Å². The zero-order valence-corrected chi connectivity index (χ0v) is 14.5. The van der Waals surface area contributed by atoms with Crippen molar-refractivity contribution < 1.29 is 14.3 Å². The lowest BCUT2D eigenvalue weighted by molar-refractivity contribution is -0.141. The topological polar surface area (TPSA) is 70.4 Å². The fourth-order valence-electron chi connectivity index (χ4n) is 2.08. The molecule has 0 radical (unpaired) electrons. The number of rotatable bonds is 7. The zero-order chi connectivity index (χ0) is 17.5. The molecule has 2 rings (SSSR count). The summed E-state index contributed by atoms with van der Waals surface area (Å²) in [7, 11) is 1.24. The number of ether oxygens (including phenoxy) is 2. The molecule has 0 N–H and O–H groups in total. The molecule has 0 unspecified atom stereocenters. The van der Waals surface area contributed by atoms with Gasteiger partial charge in [0, 0.05) is 6.42 Å². The van der Waals surface area contributed by atoms with Crippen molar-refractivity contribution in [1.82, 2.24) is 9.55 Å². The van der Waals surface area contributed by atoms with Gasteiger partial charge in [0.15, 0.2) is 10.3 Å². The third kappa shape index (κ3) is 4.80. The van der Waals surface area contributed by atoms with Crippen LogP contribution in [-0.4, -0.2) is 29.2 Å². The van der Waals surface area contributed by atoms with Crippen LogP contribution in [0.4, 0.5) is 0 Å². The average molecular weight is 371 g/mol. The number of nitrogens with zero attached hydrogens (tertiary/aromatic N) is 2. The van der Waals surface area contributed by atoms with Crippen molar-refractivity contribution in [3.05, 3.63) is 62.2 Å². The first-order valence-corrected chi connectivity index (χ1v) is 7.91. The van der Waals surface area contributed by atoms with Gasteiger partial charge in [0.25, 0.3) is 5.56 Å². The van der Waals surface area contributed by atoms with E-state index in [1.807, 2.05) is 30.3 Å². The van der Waals surface area contributed by atoms with E-state index in [1.54, 1.807) is 0 Å². The fraction of sp³-hybridized carbons (Fsp3) is 0.312. The first-order chi connectivity index (χ1) is 11.5. The molecule has 1 aromatic carbocycles. The van der Waals surface area contributed by atoms with Gasteiger partial charge < -0.3 is 9.47 Å². The normalized spacial score (nSPS) is 10.6. The van der Waals surface area contributed by atoms with E-state index in [4.69, 9.17) is 27.9 Å². The van der Waals surface area contributed by atoms with Crippen molar-refractivity contribution in [2.24, 2.45) is 0 Å². The Morgan fingerprint density at radius 3 is 2.58 bits per heavy atom. The van der Waals surface area contributed by atoms with E-state index < -0.39 is 11.5 Å². The molecule has 0 spiro atoms. The van der Waals surface area contributed by atoms with E-state index in [0.717, 1.165) is 10.1 Å². The van der Waals surface area contributed by atoms with Crippen LogP contribution >= 0.6 is 23.2 Å². The van der Waals surface area contributed by atoms with Crippen LogP contribution in [0.5, 0.6) is 0 Å². The van der Waals surface area contributed by atoms with E-state index in [2.05, 4.69) is 9.72 Å². The van der Waals surface area contributed by atoms with Crippen LogP contribution in [-0.2, 0) is 33.8 Å². The maximum absolute atomic E-state index is 12.1. The Morgan fingerprint density at radius 2 is 1.92 bits per heavy atom. The minimum absolute atomic E-state index is 0.0619. The second-order valence-electron chi connectivity index (χ2n) is 4.90. The number of hydrogen-bond donors (Lipinski definition) is 0. The highest BCUT2D eigenvalue weighted by Gasteiger charge is 2.17. The predicted molar refractivity (Wildman–Crippen MR) is 90.3 cm³/mol. The summed E-state index contributed by atoms with van der Waals surface area (Å²) in [4.78, 5) is 27.4. The molecular weight excluding hydrogens is 355 g/mol. The lowest BCUT2D eigenvalue weighted by Gasteiger charge is -2.13. The molecule has 8 heteroatoms. The van der Waals surface area contributed by atoms with Gasteiger partial charge >= 0.3 is 5.97 Å². The Balaban J connectivity index is 2.09. The van der Waals surface area contributed by atoms with E-state index in [9.17, 15) is 9.59 Å². The molecule has 1 aromatic heterocycles. The van der Waals surface area contributed by atoms with Crippen LogP contribution in [0.15, 0.2) is 35.1 Å². The van der Waals surface area contributed by atoms with E-state index in [0.29, 0.717) is 25.3 Å². The Hall–Kier alpha value is -1.89. The van der Waals surface area contributed by atoms with Gasteiger partial charge in [-0.15, -0.1) is 0 Å². The molecule has 0 atom stereocenters. The molecule has 0 bridgehead atoms. The summed E-state index contributed by atoms with van der Waals surface area (Å²) in [6.45, 7) is 0.449. The maximum atomic E-state index is 12.1. The lowest BCUT2D eigenvalue weighted by Crippen LogP contribution is -2.30. The summed E-state index contributed by atoms with van der Waals surface area (Å²) < 4.78 is 11.3. The molecule has 0 aliphatic rings. The highest BCUT2D eigenvalue weighted by molar-refractivity contribution is 6.32. The van der Waals surface area contributed by atoms with Crippen LogP contribution in [0, 0.1) is 0 Å². The quantitative estimate of drug-likeness (QED) is 0.553. The smallest absolute Gasteiger partial charge is 0.325 e. The van der Waals surface area contributed by atoms with Gasteiger partial charge in [0.05, 0.1) is 26.0 Å². The van der Waals surface area contributed by atoms with Gasteiger partial charge in [-0.1, -0.05) is 53.5 Å². The summed E-state index contributed by atoms with van der Waals surface area (Å²) >= 11 is 11.8. The first kappa shape index (κ1) is 18.4. The number of halogens is 2. The number of carbonyl (C=O) groups excluding carboxylic acids is 1. The molecule has 0 aliphatic heterocycles. The number of hydrogen-bond acceptors (Lipinski definition) is 5. The van der Waals surface area contributed by atoms with E-state index in [1.165, 1.54) is 7.11 Å². The molecule has 0 aliphatic carbocycles. The monoisotopic (exact) mass is 370 g/mol.